The molecular formula is C27H24N2O7. The number of benzene rings is 3. The molecule has 9 heteroatoms. The first kappa shape index (κ1) is 23.2. The minimum Gasteiger partial charge on any atom is -0.497 e. The predicted octanol–water partition coefficient (Wildman–Crippen LogP) is 3.80. The van der Waals surface area contributed by atoms with Crippen molar-refractivity contribution in [1.82, 2.24) is 0 Å². The van der Waals surface area contributed by atoms with Crippen molar-refractivity contribution in [2.75, 3.05) is 33.8 Å². The maximum atomic E-state index is 14.3. The number of nitrogens with one attached hydrogen (secondary N) is 1. The summed E-state index contributed by atoms with van der Waals surface area (Å²) in [5, 5.41) is 7.16. The van der Waals surface area contributed by atoms with E-state index in [2.05, 4.69) is 10.5 Å². The Kier molecular flexibility index (Phi) is 5.75. The summed E-state index contributed by atoms with van der Waals surface area (Å²) in [6, 6.07) is 17.1. The number of ether oxygens (including phenoxy) is 4. The highest BCUT2D eigenvalue weighted by Gasteiger charge is 2.63. The zero-order chi connectivity index (χ0) is 25.4. The molecule has 3 aromatic rings. The van der Waals surface area contributed by atoms with E-state index >= 15 is 0 Å². The van der Waals surface area contributed by atoms with Crippen molar-refractivity contribution in [3.63, 3.8) is 0 Å². The number of para-hydroxylation sites is 1. The number of oxime groups is 1. The third kappa shape index (κ3) is 3.35. The minimum atomic E-state index is -1.70. The SMILES string of the molecule is COc1ccc(OC)c(C2=NO[C@]3(C(=O)Nc4ccccc43)[C@@H]2C(=O)c2ccc(OC)c(OC)c2)c1. The zero-order valence-electron chi connectivity index (χ0n) is 20.2. The van der Waals surface area contributed by atoms with Crippen molar-refractivity contribution >= 4 is 23.1 Å². The fourth-order valence-electron chi connectivity index (χ4n) is 4.73. The number of ketones is 1. The number of nitrogens with zero attached hydrogens (tertiary/aromatic N) is 1. The Hall–Kier alpha value is -4.53. The quantitative estimate of drug-likeness (QED) is 0.505. The number of carbonyl (C=O) groups excluding carboxylic acids is 2. The first-order valence-corrected chi connectivity index (χ1v) is 11.1. The van der Waals surface area contributed by atoms with Gasteiger partial charge in [-0.25, -0.2) is 0 Å². The topological polar surface area (TPSA) is 105 Å². The zero-order valence-corrected chi connectivity index (χ0v) is 20.2. The third-order valence-electron chi connectivity index (χ3n) is 6.49. The smallest absolute Gasteiger partial charge is 0.277 e. The lowest BCUT2D eigenvalue weighted by Gasteiger charge is -2.27. The average Bonchev–Trinajstić information content (AvgIpc) is 3.45. The fraction of sp³-hybridized carbons (Fsp3) is 0.222. The number of hydrogen-bond donors (Lipinski definition) is 1. The van der Waals surface area contributed by atoms with E-state index in [0.717, 1.165) is 0 Å². The Bertz CT molecular complexity index is 1400. The number of amides is 1. The molecule has 0 unspecified atom stereocenters. The van der Waals surface area contributed by atoms with E-state index in [4.69, 9.17) is 23.8 Å². The third-order valence-corrected chi connectivity index (χ3v) is 6.49. The van der Waals surface area contributed by atoms with E-state index in [1.54, 1.807) is 60.7 Å². The van der Waals surface area contributed by atoms with Gasteiger partial charge in [0.15, 0.2) is 17.3 Å². The molecule has 2 atom stereocenters. The van der Waals surface area contributed by atoms with Gasteiger partial charge >= 0.3 is 0 Å². The van der Waals surface area contributed by atoms with Gasteiger partial charge in [0, 0.05) is 22.4 Å². The molecule has 0 aliphatic carbocycles. The van der Waals surface area contributed by atoms with Crippen LogP contribution in [0.1, 0.15) is 21.5 Å². The molecule has 2 aliphatic heterocycles. The van der Waals surface area contributed by atoms with Gasteiger partial charge in [-0.2, -0.15) is 0 Å². The molecule has 0 saturated carbocycles. The maximum absolute atomic E-state index is 14.3. The Labute approximate surface area is 207 Å². The van der Waals surface area contributed by atoms with Crippen molar-refractivity contribution in [3.8, 4) is 23.0 Å². The molecule has 0 fully saturated rings. The van der Waals surface area contributed by atoms with E-state index in [0.29, 0.717) is 45.4 Å². The van der Waals surface area contributed by atoms with Crippen molar-refractivity contribution in [2.24, 2.45) is 11.1 Å². The average molecular weight is 488 g/mol. The molecule has 9 nitrogen and oxygen atoms in total. The summed E-state index contributed by atoms with van der Waals surface area (Å²) in [5.41, 5.74) is 0.400. The normalized spacial score (nSPS) is 19.7. The van der Waals surface area contributed by atoms with Gasteiger partial charge < -0.3 is 29.1 Å². The highest BCUT2D eigenvalue weighted by atomic mass is 16.7. The monoisotopic (exact) mass is 488 g/mol. The molecule has 1 spiro atoms. The van der Waals surface area contributed by atoms with Crippen LogP contribution in [0.3, 0.4) is 0 Å². The first-order valence-electron chi connectivity index (χ1n) is 11.1. The van der Waals surface area contributed by atoms with Crippen molar-refractivity contribution in [3.05, 3.63) is 77.4 Å². The van der Waals surface area contributed by atoms with Gasteiger partial charge in [0.1, 0.15) is 23.1 Å². The Morgan fingerprint density at radius 3 is 2.33 bits per heavy atom. The lowest BCUT2D eigenvalue weighted by Crippen LogP contribution is -2.46. The van der Waals surface area contributed by atoms with Crippen LogP contribution >= 0.6 is 0 Å². The largest absolute Gasteiger partial charge is 0.497 e. The standard InChI is InChI=1S/C27H24N2O7/c1-32-16-10-12-20(33-2)17(14-16)24-23(25(30)15-9-11-21(34-3)22(13-15)35-4)27(36-29-24)18-7-5-6-8-19(18)28-26(27)31/h5-14,23H,1-4H3,(H,28,31)/t23-,27-/m0/s1. The first-order chi connectivity index (χ1) is 17.5. The molecule has 3 aromatic carbocycles. The summed E-state index contributed by atoms with van der Waals surface area (Å²) >= 11 is 0. The number of carbonyl (C=O) groups is 2. The van der Waals surface area contributed by atoms with Crippen LogP contribution in [0.15, 0.2) is 65.8 Å². The van der Waals surface area contributed by atoms with E-state index in [1.807, 2.05) is 0 Å². The van der Waals surface area contributed by atoms with Crippen LogP contribution in [-0.4, -0.2) is 45.8 Å². The molecule has 0 radical (unpaired) electrons. The summed E-state index contributed by atoms with van der Waals surface area (Å²) < 4.78 is 21.7. The van der Waals surface area contributed by atoms with E-state index in [-0.39, 0.29) is 11.5 Å². The number of rotatable bonds is 7. The van der Waals surface area contributed by atoms with E-state index in [1.165, 1.54) is 28.4 Å². The van der Waals surface area contributed by atoms with Gasteiger partial charge in [-0.05, 0) is 42.5 Å². The predicted molar refractivity (Wildman–Crippen MR) is 131 cm³/mol. The second kappa shape index (κ2) is 8.92. The second-order valence-corrected chi connectivity index (χ2v) is 8.24. The highest BCUT2D eigenvalue weighted by Crippen LogP contribution is 2.50. The number of Topliss-reactive ketones (excluding diaryl/α,β-unsaturated/α-hetero) is 1. The summed E-state index contributed by atoms with van der Waals surface area (Å²) in [6.07, 6.45) is 0. The van der Waals surface area contributed by atoms with Crippen LogP contribution < -0.4 is 24.3 Å². The van der Waals surface area contributed by atoms with Crippen LogP contribution in [-0.2, 0) is 15.2 Å². The fourth-order valence-corrected chi connectivity index (χ4v) is 4.73. The minimum absolute atomic E-state index is 0.248. The van der Waals surface area contributed by atoms with Crippen LogP contribution in [0.4, 0.5) is 5.69 Å². The number of fused-ring (bicyclic) bond motifs is 2. The van der Waals surface area contributed by atoms with Crippen LogP contribution in [0.5, 0.6) is 23.0 Å². The second-order valence-electron chi connectivity index (χ2n) is 8.24. The molecule has 0 bridgehead atoms. The summed E-state index contributed by atoms with van der Waals surface area (Å²) in [6.45, 7) is 0. The number of hydrogen-bond acceptors (Lipinski definition) is 8. The van der Waals surface area contributed by atoms with Crippen molar-refractivity contribution in [2.45, 2.75) is 5.60 Å². The molecule has 36 heavy (non-hydrogen) atoms. The molecule has 1 N–H and O–H groups in total. The molecular weight excluding hydrogens is 464 g/mol. The lowest BCUT2D eigenvalue weighted by atomic mass is 9.74. The number of anilines is 1. The molecule has 0 aromatic heterocycles. The van der Waals surface area contributed by atoms with Gasteiger partial charge in [-0.3, -0.25) is 9.59 Å². The van der Waals surface area contributed by atoms with E-state index in [9.17, 15) is 9.59 Å². The van der Waals surface area contributed by atoms with Gasteiger partial charge in [0.25, 0.3) is 11.5 Å². The van der Waals surface area contributed by atoms with Gasteiger partial charge in [0.2, 0.25) is 0 Å². The molecule has 1 amide bonds. The van der Waals surface area contributed by atoms with E-state index < -0.39 is 17.4 Å². The molecule has 184 valence electrons. The molecule has 0 saturated heterocycles. The van der Waals surface area contributed by atoms with Gasteiger partial charge in [-0.15, -0.1) is 0 Å². The molecule has 5 rings (SSSR count). The summed E-state index contributed by atoms with van der Waals surface area (Å²) in [4.78, 5) is 33.7. The Morgan fingerprint density at radius 1 is 0.889 bits per heavy atom. The highest BCUT2D eigenvalue weighted by molar-refractivity contribution is 6.25. The van der Waals surface area contributed by atoms with Crippen molar-refractivity contribution < 1.29 is 33.4 Å². The number of methoxy groups -OCH3 is 4. The Morgan fingerprint density at radius 2 is 1.61 bits per heavy atom. The summed E-state index contributed by atoms with van der Waals surface area (Å²) in [5.74, 6) is -0.175. The van der Waals surface area contributed by atoms with Crippen LogP contribution in [0.2, 0.25) is 0 Å². The van der Waals surface area contributed by atoms with Crippen molar-refractivity contribution in [1.29, 1.82) is 0 Å². The van der Waals surface area contributed by atoms with Crippen LogP contribution in [0.25, 0.3) is 0 Å². The van der Waals surface area contributed by atoms with Gasteiger partial charge in [-0.1, -0.05) is 23.4 Å². The molecule has 2 heterocycles. The van der Waals surface area contributed by atoms with Gasteiger partial charge in [0.05, 0.1) is 28.4 Å². The van der Waals surface area contributed by atoms with Crippen LogP contribution in [0, 0.1) is 5.92 Å². The summed E-state index contributed by atoms with van der Waals surface area (Å²) in [7, 11) is 6.05. The molecule has 2 aliphatic rings. The Balaban J connectivity index is 1.72. The lowest BCUT2D eigenvalue weighted by molar-refractivity contribution is -0.140. The maximum Gasteiger partial charge on any atom is 0.277 e.